The number of halogens is 3. The van der Waals surface area contributed by atoms with Crippen LogP contribution in [-0.4, -0.2) is 18.6 Å². The maximum Gasteiger partial charge on any atom is 0.416 e. The van der Waals surface area contributed by atoms with Crippen LogP contribution in [0.4, 0.5) is 13.2 Å². The fraction of sp³-hybridized carbons (Fsp3) is 0.588. The number of carbonyl (C=O) groups excluding carboxylic acids is 1. The molecule has 1 saturated carbocycles. The molecule has 1 aliphatic rings. The second-order valence-electron chi connectivity index (χ2n) is 6.25. The van der Waals surface area contributed by atoms with Gasteiger partial charge in [0.1, 0.15) is 5.75 Å². The maximum atomic E-state index is 12.5. The molecule has 1 aromatic rings. The molecule has 0 unspecified atom stereocenters. The van der Waals surface area contributed by atoms with Gasteiger partial charge in [-0.15, -0.1) is 0 Å². The van der Waals surface area contributed by atoms with E-state index in [-0.39, 0.29) is 24.3 Å². The molecular formula is C17H22F3NO2. The number of hydrogen-bond donors (Lipinski definition) is 1. The molecule has 1 N–H and O–H groups in total. The lowest BCUT2D eigenvalue weighted by atomic mass is 9.78. The third kappa shape index (κ3) is 4.88. The number of ether oxygens (including phenoxy) is 1. The molecule has 1 fully saturated rings. The Kier molecular flexibility index (Phi) is 5.55. The van der Waals surface area contributed by atoms with E-state index in [1.165, 1.54) is 18.6 Å². The summed E-state index contributed by atoms with van der Waals surface area (Å²) >= 11 is 0. The van der Waals surface area contributed by atoms with Gasteiger partial charge in [0.05, 0.1) is 5.56 Å². The molecule has 0 radical (unpaired) electrons. The van der Waals surface area contributed by atoms with E-state index in [9.17, 15) is 18.0 Å². The summed E-state index contributed by atoms with van der Waals surface area (Å²) in [5.41, 5.74) is -0.737. The van der Waals surface area contributed by atoms with Crippen LogP contribution in [0.15, 0.2) is 24.3 Å². The Morgan fingerprint density at radius 1 is 1.22 bits per heavy atom. The average molecular weight is 329 g/mol. The Labute approximate surface area is 134 Å². The van der Waals surface area contributed by atoms with Crippen molar-refractivity contribution >= 4 is 5.91 Å². The fourth-order valence-corrected chi connectivity index (χ4v) is 2.92. The average Bonchev–Trinajstić information content (AvgIpc) is 2.49. The summed E-state index contributed by atoms with van der Waals surface area (Å²) in [6.45, 7) is 4.12. The van der Waals surface area contributed by atoms with E-state index in [2.05, 4.69) is 19.2 Å². The molecule has 2 rings (SSSR count). The summed E-state index contributed by atoms with van der Waals surface area (Å²) in [6, 6.07) is 4.47. The summed E-state index contributed by atoms with van der Waals surface area (Å²) < 4.78 is 42.6. The van der Waals surface area contributed by atoms with Crippen molar-refractivity contribution in [1.82, 2.24) is 5.32 Å². The van der Waals surface area contributed by atoms with E-state index < -0.39 is 11.7 Å². The van der Waals surface area contributed by atoms with E-state index >= 15 is 0 Å². The van der Waals surface area contributed by atoms with Gasteiger partial charge in [0, 0.05) is 6.04 Å². The first-order valence-corrected chi connectivity index (χ1v) is 7.87. The third-order valence-corrected chi connectivity index (χ3v) is 4.60. The van der Waals surface area contributed by atoms with Crippen LogP contribution in [0.3, 0.4) is 0 Å². The highest BCUT2D eigenvalue weighted by molar-refractivity contribution is 5.77. The van der Waals surface area contributed by atoms with E-state index in [1.54, 1.807) is 0 Å². The number of benzene rings is 1. The zero-order valence-corrected chi connectivity index (χ0v) is 13.3. The van der Waals surface area contributed by atoms with Crippen molar-refractivity contribution in [2.75, 3.05) is 6.61 Å². The van der Waals surface area contributed by atoms with Crippen LogP contribution in [0.5, 0.6) is 5.75 Å². The lowest BCUT2D eigenvalue weighted by molar-refractivity contribution is -0.137. The first kappa shape index (κ1) is 17.6. The lowest BCUT2D eigenvalue weighted by Gasteiger charge is -2.34. The van der Waals surface area contributed by atoms with Crippen LogP contribution in [0.25, 0.3) is 0 Å². The highest BCUT2D eigenvalue weighted by Gasteiger charge is 2.30. The summed E-state index contributed by atoms with van der Waals surface area (Å²) in [5.74, 6) is 0.998. The van der Waals surface area contributed by atoms with Gasteiger partial charge in [0.2, 0.25) is 0 Å². The highest BCUT2D eigenvalue weighted by atomic mass is 19.4. The van der Waals surface area contributed by atoms with Crippen LogP contribution < -0.4 is 10.1 Å². The van der Waals surface area contributed by atoms with Crippen LogP contribution in [0, 0.1) is 11.8 Å². The molecule has 23 heavy (non-hydrogen) atoms. The zero-order chi connectivity index (χ0) is 17.0. The second-order valence-corrected chi connectivity index (χ2v) is 6.25. The molecule has 0 aromatic heterocycles. The van der Waals surface area contributed by atoms with Gasteiger partial charge in [-0.3, -0.25) is 4.79 Å². The lowest BCUT2D eigenvalue weighted by Crippen LogP contribution is -2.45. The monoisotopic (exact) mass is 329 g/mol. The van der Waals surface area contributed by atoms with E-state index in [0.29, 0.717) is 11.8 Å². The topological polar surface area (TPSA) is 38.3 Å². The molecule has 3 atom stereocenters. The van der Waals surface area contributed by atoms with Crippen LogP contribution in [-0.2, 0) is 11.0 Å². The molecule has 0 bridgehead atoms. The van der Waals surface area contributed by atoms with Gasteiger partial charge in [-0.2, -0.15) is 13.2 Å². The Morgan fingerprint density at radius 3 is 2.48 bits per heavy atom. The van der Waals surface area contributed by atoms with Gasteiger partial charge in [-0.25, -0.2) is 0 Å². The molecule has 1 amide bonds. The van der Waals surface area contributed by atoms with E-state index in [4.69, 9.17) is 4.74 Å². The minimum Gasteiger partial charge on any atom is -0.484 e. The number of hydrogen-bond acceptors (Lipinski definition) is 2. The van der Waals surface area contributed by atoms with E-state index in [0.717, 1.165) is 25.0 Å². The van der Waals surface area contributed by atoms with Crippen molar-refractivity contribution in [1.29, 1.82) is 0 Å². The Bertz CT molecular complexity index is 528. The van der Waals surface area contributed by atoms with E-state index in [1.807, 2.05) is 0 Å². The number of nitrogens with one attached hydrogen (secondary N) is 1. The molecule has 0 saturated heterocycles. The van der Waals surface area contributed by atoms with Gasteiger partial charge in [0.15, 0.2) is 6.61 Å². The molecule has 1 aliphatic carbocycles. The number of carbonyl (C=O) groups is 1. The fourth-order valence-electron chi connectivity index (χ4n) is 2.92. The number of rotatable bonds is 4. The van der Waals surface area contributed by atoms with Gasteiger partial charge in [-0.05, 0) is 42.5 Å². The first-order valence-electron chi connectivity index (χ1n) is 7.87. The van der Waals surface area contributed by atoms with Crippen LogP contribution in [0.2, 0.25) is 0 Å². The second kappa shape index (κ2) is 7.23. The first-order chi connectivity index (χ1) is 10.8. The van der Waals surface area contributed by atoms with Gasteiger partial charge in [0.25, 0.3) is 5.91 Å². The van der Waals surface area contributed by atoms with Crippen molar-refractivity contribution in [2.24, 2.45) is 11.8 Å². The third-order valence-electron chi connectivity index (χ3n) is 4.60. The van der Waals surface area contributed by atoms with Crippen molar-refractivity contribution < 1.29 is 22.7 Å². The standard InChI is InChI=1S/C17H22F3NO2/c1-11-4-3-5-15(12(11)2)21-16(22)10-23-14-8-6-13(7-9-14)17(18,19)20/h6-9,11-12,15H,3-5,10H2,1-2H3,(H,21,22)/t11-,12+,15+/m0/s1. The number of alkyl halides is 3. The molecule has 1 aromatic carbocycles. The minimum absolute atomic E-state index is 0.141. The van der Waals surface area contributed by atoms with Crippen molar-refractivity contribution in [2.45, 2.75) is 45.3 Å². The Balaban J connectivity index is 1.82. The quantitative estimate of drug-likeness (QED) is 0.906. The van der Waals surface area contributed by atoms with Gasteiger partial charge >= 0.3 is 6.18 Å². The van der Waals surface area contributed by atoms with Crippen LogP contribution in [0.1, 0.15) is 38.7 Å². The zero-order valence-electron chi connectivity index (χ0n) is 13.3. The predicted octanol–water partition coefficient (Wildman–Crippen LogP) is 4.03. The SMILES string of the molecule is C[C@@H]1[C@@H](C)CCC[C@H]1NC(=O)COc1ccc(C(F)(F)F)cc1. The molecule has 6 heteroatoms. The Morgan fingerprint density at radius 2 is 1.87 bits per heavy atom. The van der Waals surface area contributed by atoms with Crippen molar-refractivity contribution in [3.63, 3.8) is 0 Å². The number of amides is 1. The summed E-state index contributed by atoms with van der Waals surface area (Å²) in [7, 11) is 0. The summed E-state index contributed by atoms with van der Waals surface area (Å²) in [5, 5.41) is 2.96. The van der Waals surface area contributed by atoms with Crippen molar-refractivity contribution in [3.8, 4) is 5.75 Å². The predicted molar refractivity (Wildman–Crippen MR) is 81.0 cm³/mol. The molecule has 0 spiro atoms. The van der Waals surface area contributed by atoms with Gasteiger partial charge in [-0.1, -0.05) is 26.7 Å². The largest absolute Gasteiger partial charge is 0.484 e. The van der Waals surface area contributed by atoms with Gasteiger partial charge < -0.3 is 10.1 Å². The normalized spacial score (nSPS) is 25.0. The smallest absolute Gasteiger partial charge is 0.416 e. The van der Waals surface area contributed by atoms with Crippen LogP contribution >= 0.6 is 0 Å². The molecule has 128 valence electrons. The molecule has 3 nitrogen and oxygen atoms in total. The Hall–Kier alpha value is -1.72. The molecule has 0 heterocycles. The van der Waals surface area contributed by atoms with Crippen molar-refractivity contribution in [3.05, 3.63) is 29.8 Å². The maximum absolute atomic E-state index is 12.5. The summed E-state index contributed by atoms with van der Waals surface area (Å²) in [6.07, 6.45) is -1.15. The molecular weight excluding hydrogens is 307 g/mol. The molecule has 0 aliphatic heterocycles. The minimum atomic E-state index is -4.37. The highest BCUT2D eigenvalue weighted by Crippen LogP contribution is 2.31. The summed E-state index contributed by atoms with van der Waals surface area (Å²) in [4.78, 5) is 11.9.